The highest BCUT2D eigenvalue weighted by atomic mass is 19.3. The Morgan fingerprint density at radius 2 is 1.78 bits per heavy atom. The Morgan fingerprint density at radius 3 is 2.53 bits per heavy atom. The Labute approximate surface area is 184 Å². The third-order valence-corrected chi connectivity index (χ3v) is 5.06. The molecular weight excluding hydrogens is 422 g/mol. The van der Waals surface area contributed by atoms with E-state index >= 15 is 0 Å². The van der Waals surface area contributed by atoms with Crippen LogP contribution >= 0.6 is 0 Å². The lowest BCUT2D eigenvalue weighted by molar-refractivity contribution is -0.145. The number of amides is 2. The second-order valence-electron chi connectivity index (χ2n) is 7.33. The third kappa shape index (κ3) is 6.50. The molecule has 0 spiro atoms. The lowest BCUT2D eigenvalue weighted by Gasteiger charge is -2.32. The highest BCUT2D eigenvalue weighted by Crippen LogP contribution is 2.25. The van der Waals surface area contributed by atoms with Crippen molar-refractivity contribution >= 4 is 17.8 Å². The van der Waals surface area contributed by atoms with E-state index in [0.717, 1.165) is 5.56 Å². The number of likely N-dealkylation sites (tertiary alicyclic amines) is 1. The molecule has 1 unspecified atom stereocenters. The number of hydrogen-bond acceptors (Lipinski definition) is 5. The van der Waals surface area contributed by atoms with Crippen molar-refractivity contribution in [2.45, 2.75) is 26.1 Å². The van der Waals surface area contributed by atoms with Gasteiger partial charge in [0.2, 0.25) is 5.91 Å². The highest BCUT2D eigenvalue weighted by Gasteiger charge is 2.30. The largest absolute Gasteiger partial charge is 0.460 e. The van der Waals surface area contributed by atoms with Crippen LogP contribution in [0.5, 0.6) is 5.75 Å². The van der Waals surface area contributed by atoms with Crippen molar-refractivity contribution in [2.24, 2.45) is 5.92 Å². The molecule has 170 valence electrons. The van der Waals surface area contributed by atoms with E-state index in [1.165, 1.54) is 23.1 Å². The molecule has 0 aromatic heterocycles. The quantitative estimate of drug-likeness (QED) is 0.631. The zero-order chi connectivity index (χ0) is 22.9. The van der Waals surface area contributed by atoms with Gasteiger partial charge in [0.1, 0.15) is 18.9 Å². The summed E-state index contributed by atoms with van der Waals surface area (Å²) < 4.78 is 34.8. The van der Waals surface area contributed by atoms with Crippen LogP contribution in [-0.2, 0) is 20.9 Å². The van der Waals surface area contributed by atoms with Gasteiger partial charge in [0.05, 0.1) is 11.5 Å². The van der Waals surface area contributed by atoms with Crippen LogP contribution in [0.15, 0.2) is 54.6 Å². The van der Waals surface area contributed by atoms with Crippen molar-refractivity contribution in [3.8, 4) is 5.75 Å². The van der Waals surface area contributed by atoms with Gasteiger partial charge in [-0.3, -0.25) is 14.4 Å². The lowest BCUT2D eigenvalue weighted by atomic mass is 9.96. The minimum Gasteiger partial charge on any atom is -0.460 e. The molecule has 2 aromatic rings. The Kier molecular flexibility index (Phi) is 8.13. The van der Waals surface area contributed by atoms with Crippen LogP contribution in [0.25, 0.3) is 0 Å². The maximum absolute atomic E-state index is 12.9. The number of carbonyl (C=O) groups excluding carboxylic acids is 3. The number of ether oxygens (including phenoxy) is 2. The fourth-order valence-electron chi connectivity index (χ4n) is 3.48. The zero-order valence-electron chi connectivity index (χ0n) is 17.3. The van der Waals surface area contributed by atoms with Gasteiger partial charge in [-0.05, 0) is 30.5 Å². The Hall–Kier alpha value is -3.49. The number of hydrogen-bond donors (Lipinski definition) is 1. The van der Waals surface area contributed by atoms with Crippen molar-refractivity contribution in [3.05, 3.63) is 65.7 Å². The molecule has 0 saturated carbocycles. The van der Waals surface area contributed by atoms with Crippen LogP contribution in [0, 0.1) is 5.92 Å². The van der Waals surface area contributed by atoms with Gasteiger partial charge in [-0.1, -0.05) is 42.5 Å². The van der Waals surface area contributed by atoms with Gasteiger partial charge in [0, 0.05) is 13.1 Å². The zero-order valence-corrected chi connectivity index (χ0v) is 17.3. The van der Waals surface area contributed by atoms with Crippen molar-refractivity contribution in [1.29, 1.82) is 0 Å². The molecule has 7 nitrogen and oxygen atoms in total. The van der Waals surface area contributed by atoms with Crippen LogP contribution in [-0.4, -0.2) is 48.9 Å². The molecule has 2 aromatic carbocycles. The van der Waals surface area contributed by atoms with Gasteiger partial charge in [-0.25, -0.2) is 0 Å². The smallest absolute Gasteiger partial charge is 0.387 e. The van der Waals surface area contributed by atoms with Gasteiger partial charge in [0.25, 0.3) is 5.91 Å². The molecule has 0 aliphatic carbocycles. The van der Waals surface area contributed by atoms with E-state index in [9.17, 15) is 23.2 Å². The maximum Gasteiger partial charge on any atom is 0.387 e. The molecule has 1 heterocycles. The molecule has 9 heteroatoms. The highest BCUT2D eigenvalue weighted by molar-refractivity contribution is 5.97. The van der Waals surface area contributed by atoms with Gasteiger partial charge in [-0.15, -0.1) is 0 Å². The first kappa shape index (κ1) is 23.2. The molecule has 1 fully saturated rings. The number of alkyl halides is 2. The molecule has 1 saturated heterocycles. The second-order valence-corrected chi connectivity index (χ2v) is 7.33. The summed E-state index contributed by atoms with van der Waals surface area (Å²) in [7, 11) is 0. The van der Waals surface area contributed by atoms with Gasteiger partial charge in [0.15, 0.2) is 0 Å². The first-order chi connectivity index (χ1) is 15.4. The van der Waals surface area contributed by atoms with E-state index in [0.29, 0.717) is 19.4 Å². The van der Waals surface area contributed by atoms with Crippen LogP contribution in [0.2, 0.25) is 0 Å². The first-order valence-electron chi connectivity index (χ1n) is 10.2. The van der Waals surface area contributed by atoms with E-state index in [2.05, 4.69) is 10.1 Å². The summed E-state index contributed by atoms with van der Waals surface area (Å²) in [6.07, 6.45) is 1.12. The van der Waals surface area contributed by atoms with Crippen molar-refractivity contribution in [3.63, 3.8) is 0 Å². The number of para-hydroxylation sites is 1. The summed E-state index contributed by atoms with van der Waals surface area (Å²) in [6, 6.07) is 14.9. The SMILES string of the molecule is O=C(CNC(=O)C1CCCN(C(=O)c2ccccc2OC(F)F)C1)OCc1ccccc1. The Balaban J connectivity index is 1.51. The van der Waals surface area contributed by atoms with Crippen LogP contribution < -0.4 is 10.1 Å². The summed E-state index contributed by atoms with van der Waals surface area (Å²) in [5, 5.41) is 2.55. The molecule has 1 N–H and O–H groups in total. The lowest BCUT2D eigenvalue weighted by Crippen LogP contribution is -2.46. The summed E-state index contributed by atoms with van der Waals surface area (Å²) >= 11 is 0. The predicted molar refractivity (Wildman–Crippen MR) is 111 cm³/mol. The minimum absolute atomic E-state index is 0.0124. The van der Waals surface area contributed by atoms with Crippen molar-refractivity contribution in [1.82, 2.24) is 10.2 Å². The standard InChI is InChI=1S/C23H24F2N2O5/c24-23(25)32-19-11-5-4-10-18(19)22(30)27-12-6-9-17(14-27)21(29)26-13-20(28)31-15-16-7-2-1-3-8-16/h1-5,7-8,10-11,17,23H,6,9,12-15H2,(H,26,29). The summed E-state index contributed by atoms with van der Waals surface area (Å²) in [6.45, 7) is -2.70. The fraction of sp³-hybridized carbons (Fsp3) is 0.348. The average molecular weight is 446 g/mol. The number of nitrogens with one attached hydrogen (secondary N) is 1. The first-order valence-corrected chi connectivity index (χ1v) is 10.2. The van der Waals surface area contributed by atoms with Crippen LogP contribution in [0.3, 0.4) is 0 Å². The van der Waals surface area contributed by atoms with Crippen LogP contribution in [0.4, 0.5) is 8.78 Å². The summed E-state index contributed by atoms with van der Waals surface area (Å²) in [5.41, 5.74) is 0.850. The Morgan fingerprint density at radius 1 is 1.06 bits per heavy atom. The van der Waals surface area contributed by atoms with E-state index in [1.807, 2.05) is 30.3 Å². The maximum atomic E-state index is 12.9. The van der Waals surface area contributed by atoms with Crippen LogP contribution in [0.1, 0.15) is 28.8 Å². The Bertz CT molecular complexity index is 939. The number of nitrogens with zero attached hydrogens (tertiary/aromatic N) is 1. The number of halogens is 2. The number of rotatable bonds is 8. The fourth-order valence-corrected chi connectivity index (χ4v) is 3.48. The molecule has 1 aliphatic heterocycles. The molecule has 3 rings (SSSR count). The number of piperidine rings is 1. The minimum atomic E-state index is -3.05. The number of carbonyl (C=O) groups is 3. The average Bonchev–Trinajstić information content (AvgIpc) is 2.81. The van der Waals surface area contributed by atoms with E-state index in [-0.39, 0.29) is 36.9 Å². The molecule has 0 radical (unpaired) electrons. The number of esters is 1. The molecule has 32 heavy (non-hydrogen) atoms. The molecule has 1 aliphatic rings. The molecule has 2 amide bonds. The molecular formula is C23H24F2N2O5. The third-order valence-electron chi connectivity index (χ3n) is 5.06. The van der Waals surface area contributed by atoms with Crippen molar-refractivity contribution in [2.75, 3.05) is 19.6 Å². The summed E-state index contributed by atoms with van der Waals surface area (Å²) in [5.74, 6) is -2.14. The molecule has 1 atom stereocenters. The number of benzene rings is 2. The van der Waals surface area contributed by atoms with E-state index < -0.39 is 24.4 Å². The predicted octanol–water partition coefficient (Wildman–Crippen LogP) is 3.00. The normalized spacial score (nSPS) is 15.8. The summed E-state index contributed by atoms with van der Waals surface area (Å²) in [4.78, 5) is 38.7. The molecule has 0 bridgehead atoms. The van der Waals surface area contributed by atoms with E-state index in [4.69, 9.17) is 4.74 Å². The topological polar surface area (TPSA) is 84.9 Å². The van der Waals surface area contributed by atoms with Gasteiger partial charge in [-0.2, -0.15) is 8.78 Å². The van der Waals surface area contributed by atoms with Gasteiger partial charge >= 0.3 is 12.6 Å². The van der Waals surface area contributed by atoms with Crippen molar-refractivity contribution < 1.29 is 32.6 Å². The second kappa shape index (κ2) is 11.2. The van der Waals surface area contributed by atoms with E-state index in [1.54, 1.807) is 6.07 Å². The van der Waals surface area contributed by atoms with Gasteiger partial charge < -0.3 is 19.7 Å². The monoisotopic (exact) mass is 446 g/mol.